The van der Waals surface area contributed by atoms with Gasteiger partial charge in [0.05, 0.1) is 0 Å². The van der Waals surface area contributed by atoms with Crippen LogP contribution in [0.25, 0.3) is 87.6 Å². The highest BCUT2D eigenvalue weighted by Gasteiger charge is 2.16. The maximum atomic E-state index is 6.40. The maximum absolute atomic E-state index is 6.40. The Morgan fingerprint density at radius 1 is 0.302 bits per heavy atom. The third kappa shape index (κ3) is 3.72. The van der Waals surface area contributed by atoms with Crippen LogP contribution in [0.2, 0.25) is 0 Å². The molecule has 1 heteroatoms. The molecule has 1 heterocycles. The first-order valence-corrected chi connectivity index (χ1v) is 14.8. The predicted molar refractivity (Wildman–Crippen MR) is 183 cm³/mol. The fourth-order valence-electron chi connectivity index (χ4n) is 6.86. The van der Waals surface area contributed by atoms with E-state index in [0.717, 1.165) is 27.3 Å². The third-order valence-corrected chi connectivity index (χ3v) is 8.90. The number of fused-ring (bicyclic) bond motifs is 7. The fourth-order valence-corrected chi connectivity index (χ4v) is 6.86. The normalized spacial score (nSPS) is 11.7. The van der Waals surface area contributed by atoms with Gasteiger partial charge in [-0.3, -0.25) is 0 Å². The van der Waals surface area contributed by atoms with Gasteiger partial charge in [-0.1, -0.05) is 140 Å². The van der Waals surface area contributed by atoms with Crippen molar-refractivity contribution in [1.29, 1.82) is 0 Å². The first-order valence-electron chi connectivity index (χ1n) is 14.8. The summed E-state index contributed by atoms with van der Waals surface area (Å²) >= 11 is 0. The number of hydrogen-bond acceptors (Lipinski definition) is 1. The van der Waals surface area contributed by atoms with Crippen LogP contribution in [0, 0.1) is 0 Å². The number of rotatable bonds is 3. The summed E-state index contributed by atoms with van der Waals surface area (Å²) in [4.78, 5) is 0. The van der Waals surface area contributed by atoms with Gasteiger partial charge < -0.3 is 4.42 Å². The molecule has 1 nitrogen and oxygen atoms in total. The van der Waals surface area contributed by atoms with Crippen LogP contribution >= 0.6 is 0 Å². The van der Waals surface area contributed by atoms with Crippen LogP contribution < -0.4 is 0 Å². The van der Waals surface area contributed by atoms with E-state index in [0.29, 0.717) is 0 Å². The molecule has 0 saturated heterocycles. The second-order valence-corrected chi connectivity index (χ2v) is 11.3. The Balaban J connectivity index is 1.24. The van der Waals surface area contributed by atoms with Crippen molar-refractivity contribution < 1.29 is 4.42 Å². The van der Waals surface area contributed by atoms with Crippen LogP contribution in [0.15, 0.2) is 162 Å². The largest absolute Gasteiger partial charge is 0.455 e. The molecule has 9 aromatic rings. The van der Waals surface area contributed by atoms with Gasteiger partial charge >= 0.3 is 0 Å². The van der Waals surface area contributed by atoms with E-state index in [9.17, 15) is 0 Å². The van der Waals surface area contributed by atoms with E-state index in [2.05, 4.69) is 158 Å². The lowest BCUT2D eigenvalue weighted by Crippen LogP contribution is -1.89. The molecule has 200 valence electrons. The van der Waals surface area contributed by atoms with E-state index < -0.39 is 0 Å². The molecule has 0 bridgehead atoms. The monoisotopic (exact) mass is 546 g/mol. The van der Waals surface area contributed by atoms with Gasteiger partial charge in [-0.25, -0.2) is 0 Å². The first kappa shape index (κ1) is 24.0. The summed E-state index contributed by atoms with van der Waals surface area (Å²) in [6, 6.07) is 56.8. The van der Waals surface area contributed by atoms with E-state index in [1.807, 2.05) is 0 Å². The molecule has 9 rings (SSSR count). The SMILES string of the molecule is c1ccc(-c2ccc(-c3ccc(-c4ccc5oc6c7ccccc7ccc6c5c4)c4ccccc34)c3ccccc23)cc1. The van der Waals surface area contributed by atoms with Crippen molar-refractivity contribution in [1.82, 2.24) is 0 Å². The summed E-state index contributed by atoms with van der Waals surface area (Å²) in [6.07, 6.45) is 0. The second kappa shape index (κ2) is 9.44. The molecule has 0 aliphatic rings. The topological polar surface area (TPSA) is 13.1 Å². The Bertz CT molecular complexity index is 2500. The van der Waals surface area contributed by atoms with Crippen LogP contribution in [0.3, 0.4) is 0 Å². The van der Waals surface area contributed by atoms with Gasteiger partial charge in [0.15, 0.2) is 0 Å². The molecule has 0 aliphatic heterocycles. The third-order valence-electron chi connectivity index (χ3n) is 8.90. The van der Waals surface area contributed by atoms with Crippen molar-refractivity contribution in [3.05, 3.63) is 158 Å². The average molecular weight is 547 g/mol. The van der Waals surface area contributed by atoms with Crippen LogP contribution in [-0.4, -0.2) is 0 Å². The van der Waals surface area contributed by atoms with Gasteiger partial charge in [0.1, 0.15) is 11.2 Å². The van der Waals surface area contributed by atoms with Crippen LogP contribution in [0.1, 0.15) is 0 Å². The van der Waals surface area contributed by atoms with Crippen molar-refractivity contribution >= 4 is 54.3 Å². The summed E-state index contributed by atoms with van der Waals surface area (Å²) < 4.78 is 6.40. The molecule has 8 aromatic carbocycles. The van der Waals surface area contributed by atoms with Gasteiger partial charge in [-0.2, -0.15) is 0 Å². The smallest absolute Gasteiger partial charge is 0.143 e. The van der Waals surface area contributed by atoms with Crippen molar-refractivity contribution in [2.45, 2.75) is 0 Å². The quantitative estimate of drug-likeness (QED) is 0.215. The molecule has 0 unspecified atom stereocenters. The van der Waals surface area contributed by atoms with Gasteiger partial charge in [0.25, 0.3) is 0 Å². The van der Waals surface area contributed by atoms with Crippen molar-refractivity contribution in [2.75, 3.05) is 0 Å². The lowest BCUT2D eigenvalue weighted by atomic mass is 9.88. The van der Waals surface area contributed by atoms with Gasteiger partial charge in [0, 0.05) is 16.2 Å². The molecule has 0 radical (unpaired) electrons. The minimum atomic E-state index is 0.918. The molecule has 0 aliphatic carbocycles. The summed E-state index contributed by atoms with van der Waals surface area (Å²) in [7, 11) is 0. The van der Waals surface area contributed by atoms with Gasteiger partial charge in [0.2, 0.25) is 0 Å². The number of hydrogen-bond donors (Lipinski definition) is 0. The molecule has 0 amide bonds. The predicted octanol–water partition coefficient (Wildman–Crippen LogP) is 12.0. The summed E-state index contributed by atoms with van der Waals surface area (Å²) in [5.41, 5.74) is 9.28. The minimum Gasteiger partial charge on any atom is -0.455 e. The van der Waals surface area contributed by atoms with E-state index >= 15 is 0 Å². The van der Waals surface area contributed by atoms with Crippen molar-refractivity contribution in [2.24, 2.45) is 0 Å². The standard InChI is InChI=1S/C42H26O/c1-2-10-27(11-3-1)30-21-23-37(35-16-8-6-14-33(30)35)38-24-22-31(34-15-7-9-17-36(34)38)29-19-25-41-40(26-29)39-20-18-28-12-4-5-13-32(28)42(39)43-41/h1-26H. The zero-order chi connectivity index (χ0) is 28.3. The highest BCUT2D eigenvalue weighted by Crippen LogP contribution is 2.42. The summed E-state index contributed by atoms with van der Waals surface area (Å²) in [6.45, 7) is 0. The Morgan fingerprint density at radius 2 is 0.837 bits per heavy atom. The first-order chi connectivity index (χ1) is 21.3. The van der Waals surface area contributed by atoms with Crippen LogP contribution in [0.4, 0.5) is 0 Å². The van der Waals surface area contributed by atoms with E-state index in [1.165, 1.54) is 60.3 Å². The van der Waals surface area contributed by atoms with E-state index in [4.69, 9.17) is 4.42 Å². The summed E-state index contributed by atoms with van der Waals surface area (Å²) in [5.74, 6) is 0. The van der Waals surface area contributed by atoms with Gasteiger partial charge in [-0.05, 0) is 78.5 Å². The lowest BCUT2D eigenvalue weighted by molar-refractivity contribution is 0.672. The molecular weight excluding hydrogens is 520 g/mol. The molecule has 0 fully saturated rings. The minimum absolute atomic E-state index is 0.918. The Labute approximate surface area is 249 Å². The van der Waals surface area contributed by atoms with Crippen molar-refractivity contribution in [3.8, 4) is 33.4 Å². The fraction of sp³-hybridized carbons (Fsp3) is 0. The highest BCUT2D eigenvalue weighted by molar-refractivity contribution is 6.17. The Kier molecular flexibility index (Phi) is 5.27. The molecular formula is C42H26O. The van der Waals surface area contributed by atoms with Gasteiger partial charge in [-0.15, -0.1) is 0 Å². The van der Waals surface area contributed by atoms with E-state index in [1.54, 1.807) is 0 Å². The number of furan rings is 1. The zero-order valence-electron chi connectivity index (χ0n) is 23.4. The second-order valence-electron chi connectivity index (χ2n) is 11.3. The molecule has 0 atom stereocenters. The molecule has 0 N–H and O–H groups in total. The van der Waals surface area contributed by atoms with Crippen LogP contribution in [-0.2, 0) is 0 Å². The van der Waals surface area contributed by atoms with E-state index in [-0.39, 0.29) is 0 Å². The molecule has 0 spiro atoms. The highest BCUT2D eigenvalue weighted by atomic mass is 16.3. The molecule has 43 heavy (non-hydrogen) atoms. The summed E-state index contributed by atoms with van der Waals surface area (Å²) in [5, 5.41) is 9.67. The Hall–Kier alpha value is -5.66. The number of benzene rings is 8. The average Bonchev–Trinajstić information content (AvgIpc) is 3.46. The zero-order valence-corrected chi connectivity index (χ0v) is 23.4. The Morgan fingerprint density at radius 3 is 1.51 bits per heavy atom. The maximum Gasteiger partial charge on any atom is 0.143 e. The molecule has 0 saturated carbocycles. The van der Waals surface area contributed by atoms with Crippen molar-refractivity contribution in [3.63, 3.8) is 0 Å². The lowest BCUT2D eigenvalue weighted by Gasteiger charge is -2.16. The molecule has 1 aromatic heterocycles. The van der Waals surface area contributed by atoms with Crippen LogP contribution in [0.5, 0.6) is 0 Å².